The number of hydrogen-bond donors (Lipinski definition) is 3. The van der Waals surface area contributed by atoms with Crippen LogP contribution in [0.2, 0.25) is 0 Å². The molecule has 0 aliphatic heterocycles. The highest BCUT2D eigenvalue weighted by molar-refractivity contribution is 7.99. The molecular formula is C10H18N2O4S. The Balaban J connectivity index is 3.91. The molecule has 0 unspecified atom stereocenters. The lowest BCUT2D eigenvalue weighted by molar-refractivity contribution is -0.143. The third kappa shape index (κ3) is 7.62. The fraction of sp³-hybridized carbons (Fsp3) is 0.700. The molecule has 17 heavy (non-hydrogen) atoms. The number of carbonyl (C=O) groups is 3. The SMILES string of the molecule is CC(C)[C@H](NC(=O)CCSCC(N)=O)C(=O)O. The molecule has 2 amide bonds. The molecule has 0 heterocycles. The number of amides is 2. The number of hydrogen-bond acceptors (Lipinski definition) is 4. The van der Waals surface area contributed by atoms with E-state index in [1.165, 1.54) is 11.8 Å². The van der Waals surface area contributed by atoms with Gasteiger partial charge in [-0.25, -0.2) is 4.79 Å². The van der Waals surface area contributed by atoms with Crippen LogP contribution in [0.3, 0.4) is 0 Å². The van der Waals surface area contributed by atoms with Crippen molar-refractivity contribution in [2.75, 3.05) is 11.5 Å². The molecule has 0 aliphatic carbocycles. The second kappa shape index (κ2) is 7.94. The smallest absolute Gasteiger partial charge is 0.326 e. The zero-order chi connectivity index (χ0) is 13.4. The van der Waals surface area contributed by atoms with Gasteiger partial charge in [-0.05, 0) is 5.92 Å². The van der Waals surface area contributed by atoms with Gasteiger partial charge in [0.05, 0.1) is 5.75 Å². The lowest BCUT2D eigenvalue weighted by Crippen LogP contribution is -2.44. The number of carboxylic acids is 1. The van der Waals surface area contributed by atoms with E-state index in [1.807, 2.05) is 0 Å². The minimum Gasteiger partial charge on any atom is -0.480 e. The van der Waals surface area contributed by atoms with Crippen molar-refractivity contribution in [1.82, 2.24) is 5.32 Å². The van der Waals surface area contributed by atoms with Crippen LogP contribution in [-0.2, 0) is 14.4 Å². The van der Waals surface area contributed by atoms with Crippen LogP contribution in [0.1, 0.15) is 20.3 Å². The average Bonchev–Trinajstić information content (AvgIpc) is 2.19. The van der Waals surface area contributed by atoms with Crippen molar-refractivity contribution in [1.29, 1.82) is 0 Å². The number of nitrogens with one attached hydrogen (secondary N) is 1. The summed E-state index contributed by atoms with van der Waals surface area (Å²) < 4.78 is 0. The first-order valence-corrected chi connectivity index (χ1v) is 6.38. The Morgan fingerprint density at radius 1 is 1.35 bits per heavy atom. The summed E-state index contributed by atoms with van der Waals surface area (Å²) in [4.78, 5) is 32.6. The Kier molecular flexibility index (Phi) is 7.36. The van der Waals surface area contributed by atoms with Gasteiger partial charge in [-0.15, -0.1) is 0 Å². The van der Waals surface area contributed by atoms with Crippen molar-refractivity contribution in [2.45, 2.75) is 26.3 Å². The summed E-state index contributed by atoms with van der Waals surface area (Å²) in [5, 5.41) is 11.3. The van der Waals surface area contributed by atoms with Crippen LogP contribution in [0.5, 0.6) is 0 Å². The fourth-order valence-corrected chi connectivity index (χ4v) is 1.77. The predicted molar refractivity (Wildman–Crippen MR) is 65.5 cm³/mol. The van der Waals surface area contributed by atoms with Crippen molar-refractivity contribution in [2.24, 2.45) is 11.7 Å². The Hall–Kier alpha value is -1.24. The predicted octanol–water partition coefficient (Wildman–Crippen LogP) is -0.180. The Bertz CT molecular complexity index is 294. The second-order valence-corrected chi connectivity index (χ2v) is 5.00. The van der Waals surface area contributed by atoms with E-state index in [1.54, 1.807) is 13.8 Å². The molecule has 0 aromatic rings. The number of rotatable bonds is 8. The van der Waals surface area contributed by atoms with Gasteiger partial charge < -0.3 is 16.2 Å². The van der Waals surface area contributed by atoms with Crippen LogP contribution in [0.25, 0.3) is 0 Å². The lowest BCUT2D eigenvalue weighted by atomic mass is 10.0. The van der Waals surface area contributed by atoms with E-state index < -0.39 is 17.9 Å². The van der Waals surface area contributed by atoms with Crippen LogP contribution in [0.15, 0.2) is 0 Å². The summed E-state index contributed by atoms with van der Waals surface area (Å²) >= 11 is 1.25. The van der Waals surface area contributed by atoms with E-state index in [2.05, 4.69) is 5.32 Å². The monoisotopic (exact) mass is 262 g/mol. The number of primary amides is 1. The molecule has 0 fully saturated rings. The summed E-state index contributed by atoms with van der Waals surface area (Å²) in [5.74, 6) is -1.36. The number of thioether (sulfide) groups is 1. The molecule has 7 heteroatoms. The number of nitrogens with two attached hydrogens (primary N) is 1. The molecular weight excluding hydrogens is 244 g/mol. The summed E-state index contributed by atoms with van der Waals surface area (Å²) in [6.45, 7) is 3.45. The zero-order valence-electron chi connectivity index (χ0n) is 9.93. The first-order chi connectivity index (χ1) is 7.84. The average molecular weight is 262 g/mol. The quantitative estimate of drug-likeness (QED) is 0.526. The summed E-state index contributed by atoms with van der Waals surface area (Å²) in [6, 6.07) is -0.872. The molecule has 0 aromatic heterocycles. The Morgan fingerprint density at radius 3 is 2.35 bits per heavy atom. The first-order valence-electron chi connectivity index (χ1n) is 5.22. The Morgan fingerprint density at radius 2 is 1.94 bits per heavy atom. The lowest BCUT2D eigenvalue weighted by Gasteiger charge is -2.17. The van der Waals surface area contributed by atoms with Crippen molar-refractivity contribution in [3.63, 3.8) is 0 Å². The third-order valence-electron chi connectivity index (χ3n) is 1.97. The molecule has 0 aromatic carbocycles. The minimum absolute atomic E-state index is 0.166. The van der Waals surface area contributed by atoms with E-state index in [-0.39, 0.29) is 24.0 Å². The summed E-state index contributed by atoms with van der Waals surface area (Å²) in [5.41, 5.74) is 4.93. The van der Waals surface area contributed by atoms with Crippen LogP contribution >= 0.6 is 11.8 Å². The highest BCUT2D eigenvalue weighted by atomic mass is 32.2. The molecule has 0 aliphatic rings. The first kappa shape index (κ1) is 15.8. The molecule has 0 bridgehead atoms. The standard InChI is InChI=1S/C10H18N2O4S/c1-6(2)9(10(15)16)12-8(14)3-4-17-5-7(11)13/h6,9H,3-5H2,1-2H3,(H2,11,13)(H,12,14)(H,15,16)/t9-/m0/s1. The van der Waals surface area contributed by atoms with Crippen molar-refractivity contribution in [3.8, 4) is 0 Å². The van der Waals surface area contributed by atoms with Gasteiger partial charge in [0, 0.05) is 12.2 Å². The van der Waals surface area contributed by atoms with Gasteiger partial charge in [0.15, 0.2) is 0 Å². The molecule has 0 rings (SSSR count). The van der Waals surface area contributed by atoms with E-state index in [0.717, 1.165) is 0 Å². The molecule has 6 nitrogen and oxygen atoms in total. The number of aliphatic carboxylic acids is 1. The van der Waals surface area contributed by atoms with E-state index in [4.69, 9.17) is 10.8 Å². The highest BCUT2D eigenvalue weighted by Gasteiger charge is 2.22. The maximum atomic E-state index is 11.4. The maximum absolute atomic E-state index is 11.4. The number of carboxylic acid groups (broad SMARTS) is 1. The van der Waals surface area contributed by atoms with E-state index in [9.17, 15) is 14.4 Å². The van der Waals surface area contributed by atoms with Crippen LogP contribution < -0.4 is 11.1 Å². The van der Waals surface area contributed by atoms with Crippen molar-refractivity contribution in [3.05, 3.63) is 0 Å². The topological polar surface area (TPSA) is 109 Å². The van der Waals surface area contributed by atoms with Crippen molar-refractivity contribution < 1.29 is 19.5 Å². The highest BCUT2D eigenvalue weighted by Crippen LogP contribution is 2.04. The van der Waals surface area contributed by atoms with Gasteiger partial charge in [-0.3, -0.25) is 9.59 Å². The van der Waals surface area contributed by atoms with Crippen molar-refractivity contribution >= 4 is 29.5 Å². The molecule has 98 valence electrons. The maximum Gasteiger partial charge on any atom is 0.326 e. The van der Waals surface area contributed by atoms with E-state index in [0.29, 0.717) is 5.75 Å². The van der Waals surface area contributed by atoms with Crippen LogP contribution in [0.4, 0.5) is 0 Å². The van der Waals surface area contributed by atoms with E-state index >= 15 is 0 Å². The van der Waals surface area contributed by atoms with Gasteiger partial charge in [0.1, 0.15) is 6.04 Å². The normalized spacial score (nSPS) is 12.2. The Labute approximate surface area is 104 Å². The molecule has 0 saturated carbocycles. The summed E-state index contributed by atoms with van der Waals surface area (Å²) in [6.07, 6.45) is 0.175. The third-order valence-corrected chi connectivity index (χ3v) is 2.95. The van der Waals surface area contributed by atoms with Gasteiger partial charge in [0.2, 0.25) is 11.8 Å². The molecule has 0 saturated heterocycles. The summed E-state index contributed by atoms with van der Waals surface area (Å²) in [7, 11) is 0. The van der Waals surface area contributed by atoms with Gasteiger partial charge >= 0.3 is 5.97 Å². The van der Waals surface area contributed by atoms with Crippen LogP contribution in [-0.4, -0.2) is 40.4 Å². The van der Waals surface area contributed by atoms with Crippen LogP contribution in [0, 0.1) is 5.92 Å². The molecule has 0 radical (unpaired) electrons. The fourth-order valence-electron chi connectivity index (χ4n) is 1.10. The second-order valence-electron chi connectivity index (χ2n) is 3.90. The molecule has 4 N–H and O–H groups in total. The van der Waals surface area contributed by atoms with Gasteiger partial charge in [0.25, 0.3) is 0 Å². The molecule has 0 spiro atoms. The largest absolute Gasteiger partial charge is 0.480 e. The zero-order valence-corrected chi connectivity index (χ0v) is 10.8. The number of carbonyl (C=O) groups excluding carboxylic acids is 2. The molecule has 1 atom stereocenters. The van der Waals surface area contributed by atoms with Gasteiger partial charge in [-0.1, -0.05) is 13.8 Å². The van der Waals surface area contributed by atoms with Gasteiger partial charge in [-0.2, -0.15) is 11.8 Å². The minimum atomic E-state index is -1.04.